The van der Waals surface area contributed by atoms with Gasteiger partial charge in [0.05, 0.1) is 23.6 Å². The maximum absolute atomic E-state index is 13.9. The van der Waals surface area contributed by atoms with Gasteiger partial charge in [0, 0.05) is 17.4 Å². The van der Waals surface area contributed by atoms with Gasteiger partial charge in [0.2, 0.25) is 11.8 Å². The Bertz CT molecular complexity index is 1350. The van der Waals surface area contributed by atoms with E-state index in [1.807, 2.05) is 0 Å². The van der Waals surface area contributed by atoms with Gasteiger partial charge in [-0.15, -0.1) is 0 Å². The number of Topliss-reactive ketones (excluding diaryl/α,β-unsaturated/α-hetero) is 1. The van der Waals surface area contributed by atoms with Crippen LogP contribution in [0.15, 0.2) is 35.1 Å². The highest BCUT2D eigenvalue weighted by molar-refractivity contribution is 7.86. The molecule has 0 aliphatic heterocycles. The number of primary amides is 1. The van der Waals surface area contributed by atoms with Crippen LogP contribution in [0.25, 0.3) is 5.76 Å². The van der Waals surface area contributed by atoms with E-state index in [0.717, 1.165) is 6.07 Å². The number of carbonyl (C=O) groups excluding carboxylic acids is 2. The molecule has 0 bridgehead atoms. The third-order valence-electron chi connectivity index (χ3n) is 7.46. The van der Waals surface area contributed by atoms with Gasteiger partial charge in [-0.1, -0.05) is 19.1 Å². The molecule has 0 heterocycles. The van der Waals surface area contributed by atoms with Gasteiger partial charge in [-0.05, 0) is 31.6 Å². The van der Waals surface area contributed by atoms with Crippen LogP contribution in [-0.2, 0) is 19.7 Å². The number of likely N-dealkylation sites (N-methyl/N-ethyl adjacent to an activating group) is 1. The summed E-state index contributed by atoms with van der Waals surface area (Å²) in [6.45, 7) is 1.59. The Morgan fingerprint density at radius 3 is 2.41 bits per heavy atom. The summed E-state index contributed by atoms with van der Waals surface area (Å²) in [5.41, 5.74) is 3.84. The van der Waals surface area contributed by atoms with E-state index in [2.05, 4.69) is 0 Å². The summed E-state index contributed by atoms with van der Waals surface area (Å²) < 4.78 is 41.3. The van der Waals surface area contributed by atoms with Gasteiger partial charge in [0.15, 0.2) is 11.5 Å². The van der Waals surface area contributed by atoms with Crippen molar-refractivity contribution in [3.8, 4) is 5.75 Å². The van der Waals surface area contributed by atoms with E-state index >= 15 is 0 Å². The lowest BCUT2D eigenvalue weighted by Gasteiger charge is -2.54. The van der Waals surface area contributed by atoms with Crippen molar-refractivity contribution in [3.63, 3.8) is 0 Å². The number of halogens is 1. The number of hydrogen-bond donors (Lipinski definition) is 6. The minimum Gasteiger partial charge on any atom is -0.510 e. The lowest BCUT2D eigenvalue weighted by molar-refractivity contribution is -0.216. The summed E-state index contributed by atoms with van der Waals surface area (Å²) in [7, 11) is -1.73. The summed E-state index contributed by atoms with van der Waals surface area (Å²) in [5.74, 6) is -13.1. The van der Waals surface area contributed by atoms with Crippen LogP contribution in [0.2, 0.25) is 0 Å². The smallest absolute Gasteiger partial charge is 0.339 e. The van der Waals surface area contributed by atoms with Crippen molar-refractivity contribution in [2.75, 3.05) is 20.1 Å². The molecular weight excluding hydrogens is 515 g/mol. The number of aliphatic hydroxyl groups is 5. The zero-order valence-electron chi connectivity index (χ0n) is 20.0. The molecule has 6 atom stereocenters. The number of carbonyl (C=O) groups is 2. The Morgan fingerprint density at radius 1 is 1.24 bits per heavy atom. The van der Waals surface area contributed by atoms with E-state index in [1.165, 1.54) is 31.1 Å². The van der Waals surface area contributed by atoms with Crippen LogP contribution in [0.3, 0.4) is 0 Å². The number of nitrogens with two attached hydrogens (primary N) is 1. The van der Waals surface area contributed by atoms with E-state index < -0.39 is 97.8 Å². The van der Waals surface area contributed by atoms with Crippen LogP contribution in [0.4, 0.5) is 4.39 Å². The van der Waals surface area contributed by atoms with Gasteiger partial charge in [0.1, 0.15) is 17.1 Å². The van der Waals surface area contributed by atoms with Crippen LogP contribution in [0.5, 0.6) is 5.75 Å². The average molecular weight is 543 g/mol. The Hall–Kier alpha value is -3.04. The summed E-state index contributed by atoms with van der Waals surface area (Å²) >= 11 is 0. The van der Waals surface area contributed by atoms with Crippen molar-refractivity contribution in [1.29, 1.82) is 0 Å². The molecule has 37 heavy (non-hydrogen) atoms. The highest BCUT2D eigenvalue weighted by atomic mass is 32.2. The topological polar surface area (TPSA) is 208 Å². The fourth-order valence-corrected chi connectivity index (χ4v) is 6.52. The van der Waals surface area contributed by atoms with Gasteiger partial charge in [-0.25, -0.2) is 4.39 Å². The summed E-state index contributed by atoms with van der Waals surface area (Å²) in [6.07, 6.45) is -1.58. The lowest BCUT2D eigenvalue weighted by atomic mass is 9.54. The molecule has 0 aromatic heterocycles. The average Bonchev–Trinajstić information content (AvgIpc) is 2.78. The molecule has 0 spiro atoms. The first kappa shape index (κ1) is 27.0. The third kappa shape index (κ3) is 3.82. The van der Waals surface area contributed by atoms with Gasteiger partial charge in [-0.2, -0.15) is 8.42 Å². The summed E-state index contributed by atoms with van der Waals surface area (Å²) in [4.78, 5) is 27.4. The monoisotopic (exact) mass is 542 g/mol. The Balaban J connectivity index is 1.99. The molecule has 1 amide bonds. The SMILES string of the molecule is CC1c2cccc(OS(=O)(=O)CF)c2C(O)=C2C(=O)C3C(C(O)C21)C(N(C)C)C(O)=C(C(N)=O)C3(O)O. The maximum atomic E-state index is 13.9. The van der Waals surface area contributed by atoms with Gasteiger partial charge in [0.25, 0.3) is 5.91 Å². The van der Waals surface area contributed by atoms with Crippen LogP contribution in [-0.4, -0.2) is 88.6 Å². The first-order valence-electron chi connectivity index (χ1n) is 11.2. The molecule has 7 N–H and O–H groups in total. The minimum absolute atomic E-state index is 0.243. The van der Waals surface area contributed by atoms with E-state index in [4.69, 9.17) is 9.92 Å². The summed E-state index contributed by atoms with van der Waals surface area (Å²) in [5, 5.41) is 55.5. The number of aliphatic hydroxyl groups excluding tert-OH is 3. The fourth-order valence-electron chi connectivity index (χ4n) is 6.06. The van der Waals surface area contributed by atoms with Crippen molar-refractivity contribution in [2.24, 2.45) is 23.5 Å². The Kier molecular flexibility index (Phi) is 6.40. The minimum atomic E-state index is -4.68. The van der Waals surface area contributed by atoms with Crippen molar-refractivity contribution in [1.82, 2.24) is 4.90 Å². The highest BCUT2D eigenvalue weighted by Gasteiger charge is 2.65. The predicted molar refractivity (Wildman–Crippen MR) is 125 cm³/mol. The molecule has 4 rings (SSSR count). The largest absolute Gasteiger partial charge is 0.510 e. The molecule has 1 fully saturated rings. The fraction of sp³-hybridized carbons (Fsp3) is 0.478. The molecule has 6 unspecified atom stereocenters. The Morgan fingerprint density at radius 2 is 1.86 bits per heavy atom. The second kappa shape index (κ2) is 8.77. The van der Waals surface area contributed by atoms with Gasteiger partial charge >= 0.3 is 10.1 Å². The van der Waals surface area contributed by atoms with E-state index in [-0.39, 0.29) is 11.1 Å². The van der Waals surface area contributed by atoms with Gasteiger partial charge in [-0.3, -0.25) is 14.5 Å². The molecule has 14 heteroatoms. The molecule has 1 aromatic rings. The number of rotatable bonds is 5. The van der Waals surface area contributed by atoms with Crippen molar-refractivity contribution in [3.05, 3.63) is 46.2 Å². The van der Waals surface area contributed by atoms with Crippen LogP contribution < -0.4 is 9.92 Å². The van der Waals surface area contributed by atoms with Gasteiger partial charge < -0.3 is 35.4 Å². The zero-order valence-corrected chi connectivity index (χ0v) is 20.8. The Labute approximate surface area is 211 Å². The van der Waals surface area contributed by atoms with E-state index in [9.17, 15) is 47.9 Å². The van der Waals surface area contributed by atoms with E-state index in [0.29, 0.717) is 0 Å². The number of fused-ring (bicyclic) bond motifs is 3. The molecule has 0 saturated heterocycles. The lowest BCUT2D eigenvalue weighted by Crippen LogP contribution is -2.67. The normalized spacial score (nSPS) is 31.1. The molecular formula is C23H27FN2O10S. The van der Waals surface area contributed by atoms with Crippen LogP contribution in [0.1, 0.15) is 24.0 Å². The number of ketones is 1. The second-order valence-corrected chi connectivity index (χ2v) is 11.2. The molecule has 202 valence electrons. The second-order valence-electron chi connectivity index (χ2n) is 9.72. The quantitative estimate of drug-likeness (QED) is 0.205. The molecule has 12 nitrogen and oxygen atoms in total. The third-order valence-corrected chi connectivity index (χ3v) is 8.16. The van der Waals surface area contributed by atoms with Crippen LogP contribution in [0, 0.1) is 17.8 Å². The molecule has 3 aliphatic rings. The molecule has 0 radical (unpaired) electrons. The number of amides is 1. The summed E-state index contributed by atoms with van der Waals surface area (Å²) in [6, 6.07) is 0.934. The first-order chi connectivity index (χ1) is 17.1. The highest BCUT2D eigenvalue weighted by Crippen LogP contribution is 2.56. The molecule has 3 aliphatic carbocycles. The number of nitrogens with zero attached hydrogens (tertiary/aromatic N) is 1. The zero-order chi connectivity index (χ0) is 27.8. The number of alkyl halides is 1. The van der Waals surface area contributed by atoms with Crippen molar-refractivity contribution >= 4 is 27.6 Å². The van der Waals surface area contributed by atoms with Crippen LogP contribution >= 0.6 is 0 Å². The predicted octanol–water partition coefficient (Wildman–Crippen LogP) is -0.577. The van der Waals surface area contributed by atoms with E-state index in [1.54, 1.807) is 6.92 Å². The molecule has 1 saturated carbocycles. The number of benzene rings is 1. The molecule has 1 aromatic carbocycles. The van der Waals surface area contributed by atoms with Crippen molar-refractivity contribution in [2.45, 2.75) is 30.8 Å². The number of hydrogen-bond acceptors (Lipinski definition) is 11. The standard InChI is InChI=1S/C23H27FN2O10S/c1-8-9-5-4-6-10(36-37(34,35)7-24)12(9)19(28)13-11(8)18(27)14-15(20(13)29)23(32,33)16(22(25)31)21(30)17(14)26(2)3/h4-6,8,11,14-15,17-18,27-28,30,32-33H,7H2,1-3H3,(H2,25,31). The maximum Gasteiger partial charge on any atom is 0.339 e. The first-order valence-corrected chi connectivity index (χ1v) is 12.8. The van der Waals surface area contributed by atoms with Crippen molar-refractivity contribution < 1.29 is 52.1 Å².